The summed E-state index contributed by atoms with van der Waals surface area (Å²) < 4.78 is 5.26. The van der Waals surface area contributed by atoms with E-state index in [1.807, 2.05) is 9.80 Å². The van der Waals surface area contributed by atoms with E-state index in [0.717, 1.165) is 25.0 Å². The molecule has 0 aromatic carbocycles. The van der Waals surface area contributed by atoms with E-state index in [1.54, 1.807) is 19.4 Å². The molecule has 2 atom stereocenters. The van der Waals surface area contributed by atoms with Crippen LogP contribution in [0.3, 0.4) is 0 Å². The largest absolute Gasteiger partial charge is 0.438 e. The Bertz CT molecular complexity index is 785. The molecule has 138 valence electrons. The molecule has 1 N–H and O–H groups in total. The molecule has 4 rings (SSSR count). The average molecular weight is 357 g/mol. The van der Waals surface area contributed by atoms with Crippen molar-refractivity contribution in [3.63, 3.8) is 0 Å². The first-order valence-corrected chi connectivity index (χ1v) is 9.09. The molecule has 0 bridgehead atoms. The zero-order valence-electron chi connectivity index (χ0n) is 14.9. The van der Waals surface area contributed by atoms with Crippen LogP contribution in [0, 0.1) is 12.8 Å². The molecule has 2 aromatic rings. The quantitative estimate of drug-likeness (QED) is 0.892. The van der Waals surface area contributed by atoms with Crippen LogP contribution in [0.15, 0.2) is 23.3 Å². The summed E-state index contributed by atoms with van der Waals surface area (Å²) in [6, 6.07) is 0.207. The van der Waals surface area contributed by atoms with Gasteiger partial charge in [0.2, 0.25) is 11.7 Å². The normalized spacial score (nSPS) is 23.2. The maximum Gasteiger partial charge on any atom is 0.291 e. The van der Waals surface area contributed by atoms with Gasteiger partial charge in [0.1, 0.15) is 0 Å². The van der Waals surface area contributed by atoms with Crippen molar-refractivity contribution in [2.45, 2.75) is 38.6 Å². The van der Waals surface area contributed by atoms with Crippen molar-refractivity contribution in [3.8, 4) is 0 Å². The lowest BCUT2D eigenvalue weighted by molar-refractivity contribution is -0.140. The minimum atomic E-state index is -0.0978. The molecule has 2 saturated heterocycles. The fraction of sp³-hybridized carbons (Fsp3) is 0.556. The highest BCUT2D eigenvalue weighted by Gasteiger charge is 2.40. The van der Waals surface area contributed by atoms with Crippen LogP contribution >= 0.6 is 0 Å². The number of likely N-dealkylation sites (tertiary alicyclic amines) is 2. The van der Waals surface area contributed by atoms with E-state index >= 15 is 0 Å². The SMILES string of the molecule is Cc1ncoc1C(=O)N1CCC2C(CCC(=O)N2CCc2cnc[nH]2)C1. The summed E-state index contributed by atoms with van der Waals surface area (Å²) in [4.78, 5) is 40.1. The van der Waals surface area contributed by atoms with Crippen LogP contribution in [0.25, 0.3) is 0 Å². The molecule has 2 unspecified atom stereocenters. The number of carbonyl (C=O) groups is 2. The predicted molar refractivity (Wildman–Crippen MR) is 92.3 cm³/mol. The van der Waals surface area contributed by atoms with Gasteiger partial charge in [-0.2, -0.15) is 0 Å². The van der Waals surface area contributed by atoms with Crippen LogP contribution in [-0.4, -0.2) is 62.2 Å². The Kier molecular flexibility index (Phi) is 4.48. The first kappa shape index (κ1) is 16.8. The molecule has 4 heterocycles. The van der Waals surface area contributed by atoms with E-state index in [0.29, 0.717) is 43.4 Å². The molecule has 2 aromatic heterocycles. The van der Waals surface area contributed by atoms with Crippen molar-refractivity contribution < 1.29 is 14.0 Å². The number of imidazole rings is 1. The Morgan fingerprint density at radius 2 is 2.31 bits per heavy atom. The number of hydrogen-bond acceptors (Lipinski definition) is 5. The van der Waals surface area contributed by atoms with Gasteiger partial charge in [0.15, 0.2) is 6.39 Å². The number of oxazole rings is 1. The van der Waals surface area contributed by atoms with Gasteiger partial charge >= 0.3 is 0 Å². The lowest BCUT2D eigenvalue weighted by Gasteiger charge is -2.47. The third kappa shape index (κ3) is 3.11. The highest BCUT2D eigenvalue weighted by molar-refractivity contribution is 5.92. The number of rotatable bonds is 4. The van der Waals surface area contributed by atoms with E-state index in [4.69, 9.17) is 4.42 Å². The lowest BCUT2D eigenvalue weighted by Crippen LogP contribution is -2.57. The van der Waals surface area contributed by atoms with Crippen LogP contribution in [0.1, 0.15) is 41.2 Å². The van der Waals surface area contributed by atoms with Gasteiger partial charge in [-0.1, -0.05) is 0 Å². The van der Waals surface area contributed by atoms with Crippen molar-refractivity contribution >= 4 is 11.8 Å². The monoisotopic (exact) mass is 357 g/mol. The highest BCUT2D eigenvalue weighted by atomic mass is 16.3. The second-order valence-corrected chi connectivity index (χ2v) is 7.09. The lowest BCUT2D eigenvalue weighted by atomic mass is 9.83. The molecule has 0 aliphatic carbocycles. The van der Waals surface area contributed by atoms with Gasteiger partial charge in [-0.25, -0.2) is 9.97 Å². The fourth-order valence-corrected chi connectivity index (χ4v) is 4.14. The number of aromatic nitrogens is 3. The van der Waals surface area contributed by atoms with E-state index in [-0.39, 0.29) is 17.9 Å². The van der Waals surface area contributed by atoms with E-state index in [2.05, 4.69) is 15.0 Å². The molecule has 0 radical (unpaired) electrons. The summed E-state index contributed by atoms with van der Waals surface area (Å²) in [6.45, 7) is 3.77. The average Bonchev–Trinajstić information content (AvgIpc) is 3.31. The number of nitrogens with one attached hydrogen (secondary N) is 1. The van der Waals surface area contributed by atoms with E-state index in [1.165, 1.54) is 6.39 Å². The first-order chi connectivity index (χ1) is 12.6. The van der Waals surface area contributed by atoms with Gasteiger partial charge in [-0.3, -0.25) is 9.59 Å². The van der Waals surface area contributed by atoms with Gasteiger partial charge in [0.25, 0.3) is 5.91 Å². The number of fused-ring (bicyclic) bond motifs is 1. The standard InChI is InChI=1S/C18H23N5O3/c1-12-17(26-11-21-12)18(25)22-6-5-15-13(9-22)2-3-16(24)23(15)7-4-14-8-19-10-20-14/h8,10-11,13,15H,2-7,9H2,1H3,(H,19,20). The van der Waals surface area contributed by atoms with Gasteiger partial charge in [-0.05, 0) is 25.7 Å². The molecule has 8 heteroatoms. The molecule has 2 amide bonds. The minimum Gasteiger partial charge on any atom is -0.438 e. The van der Waals surface area contributed by atoms with Gasteiger partial charge in [-0.15, -0.1) is 0 Å². The Morgan fingerprint density at radius 3 is 3.04 bits per heavy atom. The number of amides is 2. The molecular formula is C18H23N5O3. The van der Waals surface area contributed by atoms with Crippen molar-refractivity contribution in [2.75, 3.05) is 19.6 Å². The third-order valence-electron chi connectivity index (χ3n) is 5.55. The summed E-state index contributed by atoms with van der Waals surface area (Å²) in [7, 11) is 0. The van der Waals surface area contributed by atoms with Gasteiger partial charge < -0.3 is 19.2 Å². The molecule has 0 saturated carbocycles. The Hall–Kier alpha value is -2.64. The van der Waals surface area contributed by atoms with E-state index in [9.17, 15) is 9.59 Å². The Balaban J connectivity index is 1.42. The summed E-state index contributed by atoms with van der Waals surface area (Å²) >= 11 is 0. The maximum atomic E-state index is 12.7. The Morgan fingerprint density at radius 1 is 1.42 bits per heavy atom. The first-order valence-electron chi connectivity index (χ1n) is 9.09. The van der Waals surface area contributed by atoms with Crippen molar-refractivity contribution in [1.82, 2.24) is 24.8 Å². The maximum absolute atomic E-state index is 12.7. The number of aromatic amines is 1. The molecule has 2 fully saturated rings. The van der Waals surface area contributed by atoms with E-state index < -0.39 is 0 Å². The highest BCUT2D eigenvalue weighted by Crippen LogP contribution is 2.32. The molecule has 26 heavy (non-hydrogen) atoms. The zero-order valence-corrected chi connectivity index (χ0v) is 14.9. The molecule has 8 nitrogen and oxygen atoms in total. The molecule has 2 aliphatic heterocycles. The number of hydrogen-bond donors (Lipinski definition) is 1. The second-order valence-electron chi connectivity index (χ2n) is 7.09. The summed E-state index contributed by atoms with van der Waals surface area (Å²) in [5, 5.41) is 0. The zero-order chi connectivity index (χ0) is 18.1. The minimum absolute atomic E-state index is 0.0978. The van der Waals surface area contributed by atoms with Crippen molar-refractivity contribution in [3.05, 3.63) is 36.1 Å². The second kappa shape index (κ2) is 6.93. The number of carbonyl (C=O) groups excluding carboxylic acids is 2. The topological polar surface area (TPSA) is 95.3 Å². The molecule has 0 spiro atoms. The van der Waals surface area contributed by atoms with Gasteiger partial charge in [0.05, 0.1) is 12.0 Å². The van der Waals surface area contributed by atoms with Crippen LogP contribution in [-0.2, 0) is 11.2 Å². The number of nitrogens with zero attached hydrogens (tertiary/aromatic N) is 4. The van der Waals surface area contributed by atoms with Gasteiger partial charge in [0, 0.05) is 50.4 Å². The van der Waals surface area contributed by atoms with Crippen LogP contribution in [0.2, 0.25) is 0 Å². The molecular weight excluding hydrogens is 334 g/mol. The predicted octanol–water partition coefficient (Wildman–Crippen LogP) is 1.40. The smallest absolute Gasteiger partial charge is 0.291 e. The Labute approximate surface area is 151 Å². The molecule has 2 aliphatic rings. The fourth-order valence-electron chi connectivity index (χ4n) is 4.14. The summed E-state index contributed by atoms with van der Waals surface area (Å²) in [5.41, 5.74) is 1.66. The van der Waals surface area contributed by atoms with Crippen LogP contribution < -0.4 is 0 Å². The van der Waals surface area contributed by atoms with Crippen molar-refractivity contribution in [2.24, 2.45) is 5.92 Å². The van der Waals surface area contributed by atoms with Crippen LogP contribution in [0.4, 0.5) is 0 Å². The summed E-state index contributed by atoms with van der Waals surface area (Å²) in [6.07, 6.45) is 7.73. The number of aryl methyl sites for hydroxylation is 1. The number of H-pyrrole nitrogens is 1. The van der Waals surface area contributed by atoms with Crippen LogP contribution in [0.5, 0.6) is 0 Å². The number of piperidine rings is 2. The third-order valence-corrected chi connectivity index (χ3v) is 5.55. The van der Waals surface area contributed by atoms with Crippen molar-refractivity contribution in [1.29, 1.82) is 0 Å². The summed E-state index contributed by atoms with van der Waals surface area (Å²) in [5.74, 6) is 0.762.